The highest BCUT2D eigenvalue weighted by molar-refractivity contribution is 5.84. The summed E-state index contributed by atoms with van der Waals surface area (Å²) < 4.78 is 49.6. The molecule has 1 aliphatic rings. The maximum Gasteiger partial charge on any atom is 0.383 e. The molecule has 4 nitrogen and oxygen atoms in total. The van der Waals surface area contributed by atoms with Gasteiger partial charge in [0.15, 0.2) is 0 Å². The van der Waals surface area contributed by atoms with Gasteiger partial charge in [-0.25, -0.2) is 8.78 Å². The van der Waals surface area contributed by atoms with Gasteiger partial charge in [-0.15, -0.1) is 0 Å². The lowest BCUT2D eigenvalue weighted by atomic mass is 10.2. The second kappa shape index (κ2) is 5.63. The van der Waals surface area contributed by atoms with E-state index in [9.17, 15) is 22.4 Å². The van der Waals surface area contributed by atoms with E-state index in [0.29, 0.717) is 26.2 Å². The normalized spacial score (nSPS) is 18.8. The lowest BCUT2D eigenvalue weighted by Crippen LogP contribution is -2.55. The van der Waals surface area contributed by atoms with Crippen molar-refractivity contribution >= 4 is 5.91 Å². The molecule has 0 saturated carbocycles. The lowest BCUT2D eigenvalue weighted by molar-refractivity contribution is -0.182. The summed E-state index contributed by atoms with van der Waals surface area (Å²) in [7, 11) is 0. The van der Waals surface area contributed by atoms with Crippen LogP contribution in [0, 0.1) is 0 Å². The fraction of sp³-hybridized carbons (Fsp3) is 0.889. The molecule has 0 aliphatic carbocycles. The molecule has 1 aliphatic heterocycles. The smallest absolute Gasteiger partial charge is 0.335 e. The van der Waals surface area contributed by atoms with Crippen molar-refractivity contribution in [1.29, 1.82) is 0 Å². The largest absolute Gasteiger partial charge is 0.383 e. The molecule has 1 saturated heterocycles. The zero-order valence-corrected chi connectivity index (χ0v) is 9.21. The van der Waals surface area contributed by atoms with Crippen molar-refractivity contribution < 1.29 is 22.4 Å². The van der Waals surface area contributed by atoms with Crippen LogP contribution in [0.5, 0.6) is 0 Å². The van der Waals surface area contributed by atoms with Crippen LogP contribution in [0.3, 0.4) is 0 Å². The van der Waals surface area contributed by atoms with Gasteiger partial charge < -0.3 is 10.6 Å². The number of hydrogen-bond acceptors (Lipinski definition) is 3. The fourth-order valence-electron chi connectivity index (χ4n) is 1.66. The Morgan fingerprint density at radius 1 is 1.24 bits per heavy atom. The molecular weight excluding hydrogens is 242 g/mol. The van der Waals surface area contributed by atoms with Crippen molar-refractivity contribution in [3.05, 3.63) is 0 Å². The first-order chi connectivity index (χ1) is 7.89. The van der Waals surface area contributed by atoms with E-state index in [1.165, 1.54) is 0 Å². The van der Waals surface area contributed by atoms with Gasteiger partial charge >= 0.3 is 12.3 Å². The van der Waals surface area contributed by atoms with Gasteiger partial charge in [0.05, 0.1) is 0 Å². The van der Waals surface area contributed by atoms with Crippen LogP contribution in [0.25, 0.3) is 0 Å². The Bertz CT molecular complexity index is 267. The molecule has 0 unspecified atom stereocenters. The van der Waals surface area contributed by atoms with E-state index in [2.05, 4.69) is 0 Å². The molecule has 1 amide bonds. The first kappa shape index (κ1) is 14.2. The summed E-state index contributed by atoms with van der Waals surface area (Å²) in [5.41, 5.74) is 5.32. The summed E-state index contributed by atoms with van der Waals surface area (Å²) in [5, 5.41) is 0. The number of hydrogen-bond donors (Lipinski definition) is 1. The average molecular weight is 257 g/mol. The van der Waals surface area contributed by atoms with E-state index in [1.807, 2.05) is 4.90 Å². The number of carbonyl (C=O) groups excluding carboxylic acids is 1. The van der Waals surface area contributed by atoms with Crippen LogP contribution in [-0.2, 0) is 4.79 Å². The Kier molecular flexibility index (Phi) is 4.70. The van der Waals surface area contributed by atoms with Crippen LogP contribution in [-0.4, -0.2) is 67.3 Å². The SMILES string of the molecule is NCCN1CCN(C(=O)C(F)(F)C(F)F)CC1. The Labute approximate surface area is 96.3 Å². The van der Waals surface area contributed by atoms with Crippen molar-refractivity contribution in [3.63, 3.8) is 0 Å². The van der Waals surface area contributed by atoms with E-state index < -0.39 is 18.3 Å². The molecule has 1 heterocycles. The molecule has 100 valence electrons. The van der Waals surface area contributed by atoms with Gasteiger partial charge in [0.2, 0.25) is 0 Å². The quantitative estimate of drug-likeness (QED) is 0.721. The molecule has 1 fully saturated rings. The van der Waals surface area contributed by atoms with E-state index in [4.69, 9.17) is 5.73 Å². The highest BCUT2D eigenvalue weighted by atomic mass is 19.3. The van der Waals surface area contributed by atoms with Gasteiger partial charge in [-0.05, 0) is 0 Å². The number of amides is 1. The molecular formula is C9H15F4N3O. The van der Waals surface area contributed by atoms with Gasteiger partial charge in [-0.3, -0.25) is 9.69 Å². The van der Waals surface area contributed by atoms with Crippen LogP contribution >= 0.6 is 0 Å². The van der Waals surface area contributed by atoms with E-state index in [-0.39, 0.29) is 13.1 Å². The van der Waals surface area contributed by atoms with E-state index >= 15 is 0 Å². The number of carbonyl (C=O) groups is 1. The fourth-order valence-corrected chi connectivity index (χ4v) is 1.66. The van der Waals surface area contributed by atoms with Crippen LogP contribution in [0.15, 0.2) is 0 Å². The Balaban J connectivity index is 2.51. The number of halogens is 4. The number of piperazine rings is 1. The first-order valence-electron chi connectivity index (χ1n) is 5.27. The molecule has 17 heavy (non-hydrogen) atoms. The lowest BCUT2D eigenvalue weighted by Gasteiger charge is -2.35. The van der Waals surface area contributed by atoms with Crippen molar-refractivity contribution in [2.45, 2.75) is 12.3 Å². The summed E-state index contributed by atoms with van der Waals surface area (Å²) >= 11 is 0. The predicted octanol–water partition coefficient (Wildman–Crippen LogP) is -0.0103. The summed E-state index contributed by atoms with van der Waals surface area (Å²) in [6.45, 7) is 1.85. The van der Waals surface area contributed by atoms with Crippen LogP contribution in [0.1, 0.15) is 0 Å². The summed E-state index contributed by atoms with van der Waals surface area (Å²) in [6, 6.07) is 0. The Morgan fingerprint density at radius 2 is 1.76 bits per heavy atom. The maximum atomic E-state index is 12.8. The van der Waals surface area contributed by atoms with Crippen LogP contribution in [0.2, 0.25) is 0 Å². The zero-order chi connectivity index (χ0) is 13.1. The minimum absolute atomic E-state index is 0.0289. The average Bonchev–Trinajstić information content (AvgIpc) is 2.29. The zero-order valence-electron chi connectivity index (χ0n) is 9.21. The standard InChI is InChI=1S/C9H15F4N3O/c10-7(11)9(12,13)8(17)16-5-3-15(2-1-14)4-6-16/h7H,1-6,14H2. The third-order valence-electron chi connectivity index (χ3n) is 2.66. The van der Waals surface area contributed by atoms with Crippen molar-refractivity contribution in [3.8, 4) is 0 Å². The summed E-state index contributed by atoms with van der Waals surface area (Å²) in [6.07, 6.45) is -3.96. The number of nitrogens with two attached hydrogens (primary N) is 1. The minimum atomic E-state index is -4.59. The minimum Gasteiger partial charge on any atom is -0.335 e. The van der Waals surface area contributed by atoms with Gasteiger partial charge in [-0.2, -0.15) is 8.78 Å². The predicted molar refractivity (Wildman–Crippen MR) is 53.0 cm³/mol. The summed E-state index contributed by atoms with van der Waals surface area (Å²) in [4.78, 5) is 13.8. The highest BCUT2D eigenvalue weighted by Crippen LogP contribution is 2.25. The van der Waals surface area contributed by atoms with E-state index in [1.54, 1.807) is 0 Å². The van der Waals surface area contributed by atoms with Gasteiger partial charge in [0.25, 0.3) is 5.91 Å². The molecule has 2 N–H and O–H groups in total. The molecule has 0 bridgehead atoms. The Hall–Kier alpha value is -0.890. The number of nitrogens with zero attached hydrogens (tertiary/aromatic N) is 2. The molecule has 1 rings (SSSR count). The van der Waals surface area contributed by atoms with Crippen molar-refractivity contribution in [2.24, 2.45) is 5.73 Å². The monoisotopic (exact) mass is 257 g/mol. The topological polar surface area (TPSA) is 49.6 Å². The Morgan fingerprint density at radius 3 is 2.18 bits per heavy atom. The number of rotatable bonds is 4. The van der Waals surface area contributed by atoms with Crippen molar-refractivity contribution in [2.75, 3.05) is 39.3 Å². The van der Waals surface area contributed by atoms with Crippen molar-refractivity contribution in [1.82, 2.24) is 9.80 Å². The molecule has 0 spiro atoms. The van der Waals surface area contributed by atoms with Gasteiger partial charge in [0.1, 0.15) is 0 Å². The third-order valence-corrected chi connectivity index (χ3v) is 2.66. The third kappa shape index (κ3) is 3.29. The second-order valence-electron chi connectivity index (χ2n) is 3.85. The molecule has 0 atom stereocenters. The van der Waals surface area contributed by atoms with Gasteiger partial charge in [0, 0.05) is 39.3 Å². The second-order valence-corrected chi connectivity index (χ2v) is 3.85. The number of alkyl halides is 4. The molecule has 0 aromatic rings. The molecule has 0 radical (unpaired) electrons. The maximum absolute atomic E-state index is 12.8. The first-order valence-corrected chi connectivity index (χ1v) is 5.27. The van der Waals surface area contributed by atoms with E-state index in [0.717, 1.165) is 4.90 Å². The highest BCUT2D eigenvalue weighted by Gasteiger charge is 2.51. The molecule has 0 aromatic heterocycles. The van der Waals surface area contributed by atoms with Gasteiger partial charge in [-0.1, -0.05) is 0 Å². The summed E-state index contributed by atoms with van der Waals surface area (Å²) in [5.74, 6) is -6.38. The molecule has 8 heteroatoms. The molecule has 0 aromatic carbocycles. The van der Waals surface area contributed by atoms with Crippen LogP contribution < -0.4 is 5.73 Å². The van der Waals surface area contributed by atoms with Crippen LogP contribution in [0.4, 0.5) is 17.6 Å².